The van der Waals surface area contributed by atoms with Crippen LogP contribution in [-0.2, 0) is 4.74 Å². The van der Waals surface area contributed by atoms with Gasteiger partial charge < -0.3 is 4.74 Å². The Morgan fingerprint density at radius 3 is 2.38 bits per heavy atom. The number of amides is 1. The first kappa shape index (κ1) is 11.8. The van der Waals surface area contributed by atoms with Gasteiger partial charge in [0.15, 0.2) is 0 Å². The van der Waals surface area contributed by atoms with Crippen LogP contribution in [0.3, 0.4) is 0 Å². The van der Waals surface area contributed by atoms with Gasteiger partial charge in [0.25, 0.3) is 0 Å². The normalized spacial score (nSPS) is 12.0. The van der Waals surface area contributed by atoms with Crippen LogP contribution in [0.1, 0.15) is 27.7 Å². The van der Waals surface area contributed by atoms with Gasteiger partial charge in [0.1, 0.15) is 0 Å². The minimum atomic E-state index is -0.344. The van der Waals surface area contributed by atoms with Gasteiger partial charge in [-0.05, 0) is 27.7 Å². The number of rotatable bonds is 3. The summed E-state index contributed by atoms with van der Waals surface area (Å²) in [6.45, 7) is 7.77. The van der Waals surface area contributed by atoms with Crippen LogP contribution in [0.25, 0.3) is 0 Å². The molecule has 1 amide bonds. The van der Waals surface area contributed by atoms with E-state index < -0.39 is 0 Å². The van der Waals surface area contributed by atoms with Gasteiger partial charge >= 0.3 is 6.09 Å². The lowest BCUT2D eigenvalue weighted by Crippen LogP contribution is -2.43. The molecular weight excluding hydrogens is 166 g/mol. The quantitative estimate of drug-likeness (QED) is 0.625. The lowest BCUT2D eigenvalue weighted by molar-refractivity contribution is 0.0894. The van der Waals surface area contributed by atoms with Crippen LogP contribution in [0.2, 0.25) is 0 Å². The van der Waals surface area contributed by atoms with Gasteiger partial charge in [-0.2, -0.15) is 0 Å². The van der Waals surface area contributed by atoms with Gasteiger partial charge in [-0.25, -0.2) is 4.79 Å². The summed E-state index contributed by atoms with van der Waals surface area (Å²) >= 11 is 0. The molecule has 0 heterocycles. The van der Waals surface area contributed by atoms with E-state index in [2.05, 4.69) is 5.92 Å². The van der Waals surface area contributed by atoms with Crippen molar-refractivity contribution < 1.29 is 9.53 Å². The molecule has 0 fully saturated rings. The molecule has 3 nitrogen and oxygen atoms in total. The average molecular weight is 183 g/mol. The van der Waals surface area contributed by atoms with E-state index in [-0.39, 0.29) is 18.2 Å². The minimum Gasteiger partial charge on any atom is -0.450 e. The molecule has 0 N–H and O–H groups in total. The van der Waals surface area contributed by atoms with Gasteiger partial charge in [0, 0.05) is 6.04 Å². The summed E-state index contributed by atoms with van der Waals surface area (Å²) in [6, 6.07) is -0.163. The molecule has 0 aliphatic heterocycles. The predicted octanol–water partition coefficient (Wildman–Crippen LogP) is 1.88. The van der Waals surface area contributed by atoms with Crippen molar-refractivity contribution in [2.45, 2.75) is 39.8 Å². The first-order valence-corrected chi connectivity index (χ1v) is 4.45. The number of carbonyl (C=O) groups is 1. The number of hydrogen-bond acceptors (Lipinski definition) is 2. The van der Waals surface area contributed by atoms with E-state index in [1.807, 2.05) is 13.8 Å². The molecule has 0 rings (SSSR count). The second kappa shape index (κ2) is 5.47. The largest absolute Gasteiger partial charge is 0.450 e. The number of nitrogens with zero attached hydrogens (tertiary/aromatic N) is 1. The Labute approximate surface area is 80.1 Å². The van der Waals surface area contributed by atoms with Crippen LogP contribution in [0, 0.1) is 12.3 Å². The Morgan fingerprint density at radius 2 is 2.08 bits per heavy atom. The van der Waals surface area contributed by atoms with Crippen molar-refractivity contribution in [3.8, 4) is 12.3 Å². The summed E-state index contributed by atoms with van der Waals surface area (Å²) in [6.07, 6.45) is 4.90. The fraction of sp³-hybridized carbons (Fsp3) is 0.700. The highest BCUT2D eigenvalue weighted by molar-refractivity contribution is 5.68. The fourth-order valence-corrected chi connectivity index (χ4v) is 1.09. The Morgan fingerprint density at radius 1 is 1.54 bits per heavy atom. The van der Waals surface area contributed by atoms with E-state index in [1.165, 1.54) is 0 Å². The van der Waals surface area contributed by atoms with E-state index in [9.17, 15) is 4.79 Å². The summed E-state index contributed by atoms with van der Waals surface area (Å²) in [5.41, 5.74) is 0. The first-order chi connectivity index (χ1) is 6.04. The minimum absolute atomic E-state index is 0.0603. The van der Waals surface area contributed by atoms with E-state index in [0.717, 1.165) is 0 Å². The first-order valence-electron chi connectivity index (χ1n) is 4.45. The lowest BCUT2D eigenvalue weighted by atomic mass is 10.2. The molecule has 0 aromatic rings. The molecule has 1 unspecified atom stereocenters. The number of carbonyl (C=O) groups excluding carboxylic acids is 1. The number of hydrogen-bond donors (Lipinski definition) is 0. The maximum atomic E-state index is 11.4. The molecule has 0 saturated carbocycles. The Hall–Kier alpha value is -1.17. The third-order valence-electron chi connectivity index (χ3n) is 1.69. The van der Waals surface area contributed by atoms with Crippen molar-refractivity contribution in [2.24, 2.45) is 0 Å². The highest BCUT2D eigenvalue weighted by Gasteiger charge is 2.22. The third kappa shape index (κ3) is 3.37. The van der Waals surface area contributed by atoms with Gasteiger partial charge in [0.05, 0.1) is 12.6 Å². The van der Waals surface area contributed by atoms with E-state index >= 15 is 0 Å². The monoisotopic (exact) mass is 183 g/mol. The van der Waals surface area contributed by atoms with Crippen molar-refractivity contribution in [2.75, 3.05) is 6.61 Å². The van der Waals surface area contributed by atoms with Gasteiger partial charge in [-0.1, -0.05) is 5.92 Å². The van der Waals surface area contributed by atoms with Crippen molar-refractivity contribution >= 4 is 6.09 Å². The zero-order chi connectivity index (χ0) is 10.4. The molecule has 0 saturated heterocycles. The van der Waals surface area contributed by atoms with Crippen LogP contribution in [0.15, 0.2) is 0 Å². The summed E-state index contributed by atoms with van der Waals surface area (Å²) in [7, 11) is 0. The van der Waals surface area contributed by atoms with E-state index in [4.69, 9.17) is 11.2 Å². The average Bonchev–Trinajstić information content (AvgIpc) is 2.04. The van der Waals surface area contributed by atoms with Crippen LogP contribution in [-0.4, -0.2) is 29.7 Å². The highest BCUT2D eigenvalue weighted by Crippen LogP contribution is 2.06. The summed E-state index contributed by atoms with van der Waals surface area (Å²) in [5.74, 6) is 2.51. The molecule has 0 aromatic carbocycles. The molecule has 1 atom stereocenters. The molecule has 0 radical (unpaired) electrons. The third-order valence-corrected chi connectivity index (χ3v) is 1.69. The molecule has 0 bridgehead atoms. The van der Waals surface area contributed by atoms with Crippen LogP contribution in [0.5, 0.6) is 0 Å². The standard InChI is InChI=1S/C10H17NO2/c1-6-9(5)11(8(3)4)10(12)13-7-2/h1,8-9H,7H2,2-5H3. The summed E-state index contributed by atoms with van der Waals surface area (Å²) in [5, 5.41) is 0. The van der Waals surface area contributed by atoms with E-state index in [0.29, 0.717) is 6.61 Å². The van der Waals surface area contributed by atoms with Crippen LogP contribution in [0.4, 0.5) is 4.79 Å². The van der Waals surface area contributed by atoms with Crippen molar-refractivity contribution in [3.63, 3.8) is 0 Å². The molecule has 0 spiro atoms. The molecular formula is C10H17NO2. The molecule has 74 valence electrons. The molecule has 0 aliphatic rings. The molecule has 13 heavy (non-hydrogen) atoms. The predicted molar refractivity (Wildman–Crippen MR) is 52.3 cm³/mol. The summed E-state index contributed by atoms with van der Waals surface area (Å²) in [4.78, 5) is 12.9. The van der Waals surface area contributed by atoms with Crippen molar-refractivity contribution in [3.05, 3.63) is 0 Å². The maximum Gasteiger partial charge on any atom is 0.410 e. The fourth-order valence-electron chi connectivity index (χ4n) is 1.09. The number of ether oxygens (including phenoxy) is 1. The second-order valence-corrected chi connectivity index (χ2v) is 3.04. The zero-order valence-electron chi connectivity index (χ0n) is 8.70. The molecule has 3 heteroatoms. The Bertz CT molecular complexity index is 205. The Balaban J connectivity index is 4.43. The van der Waals surface area contributed by atoms with Crippen molar-refractivity contribution in [1.82, 2.24) is 4.90 Å². The summed E-state index contributed by atoms with van der Waals surface area (Å²) < 4.78 is 4.88. The second-order valence-electron chi connectivity index (χ2n) is 3.04. The van der Waals surface area contributed by atoms with Gasteiger partial charge in [0.2, 0.25) is 0 Å². The maximum absolute atomic E-state index is 11.4. The smallest absolute Gasteiger partial charge is 0.410 e. The van der Waals surface area contributed by atoms with Crippen LogP contribution < -0.4 is 0 Å². The van der Waals surface area contributed by atoms with Crippen molar-refractivity contribution in [1.29, 1.82) is 0 Å². The van der Waals surface area contributed by atoms with E-state index in [1.54, 1.807) is 18.7 Å². The molecule has 0 aliphatic carbocycles. The topological polar surface area (TPSA) is 29.5 Å². The Kier molecular flexibility index (Phi) is 4.98. The number of terminal acetylenes is 1. The SMILES string of the molecule is C#CC(C)N(C(=O)OCC)C(C)C. The van der Waals surface area contributed by atoms with Gasteiger partial charge in [-0.15, -0.1) is 6.42 Å². The van der Waals surface area contributed by atoms with Gasteiger partial charge in [-0.3, -0.25) is 4.90 Å². The lowest BCUT2D eigenvalue weighted by Gasteiger charge is -2.28. The highest BCUT2D eigenvalue weighted by atomic mass is 16.6. The molecule has 0 aromatic heterocycles. The van der Waals surface area contributed by atoms with Crippen LogP contribution >= 0.6 is 0 Å². The zero-order valence-corrected chi connectivity index (χ0v) is 8.70.